The molecule has 1 fully saturated rings. The Morgan fingerprint density at radius 1 is 1.16 bits per heavy atom. The van der Waals surface area contributed by atoms with E-state index in [1.54, 1.807) is 6.20 Å². The highest BCUT2D eigenvalue weighted by Crippen LogP contribution is 2.17. The Labute approximate surface area is 159 Å². The molecule has 1 saturated heterocycles. The zero-order valence-corrected chi connectivity index (χ0v) is 16.7. The number of aromatic nitrogens is 1. The van der Waals surface area contributed by atoms with Gasteiger partial charge in [-0.1, -0.05) is 25.7 Å². The minimum absolute atomic E-state index is 0.401. The smallest absolute Gasteiger partial charge is 0.283 e. The second-order valence-electron chi connectivity index (χ2n) is 5.71. The number of nitrogens with zero attached hydrogens (tertiary/aromatic N) is 3. The van der Waals surface area contributed by atoms with Crippen LogP contribution in [0.5, 0.6) is 0 Å². The summed E-state index contributed by atoms with van der Waals surface area (Å²) in [5.41, 5.74) is 0. The van der Waals surface area contributed by atoms with Crippen LogP contribution < -0.4 is 4.90 Å². The Bertz CT molecular complexity index is 778. The fourth-order valence-corrected chi connectivity index (χ4v) is 3.62. The lowest BCUT2D eigenvalue weighted by Crippen LogP contribution is -2.48. The predicted octanol–water partition coefficient (Wildman–Crippen LogP) is 2.84. The molecule has 7 heteroatoms. The van der Waals surface area contributed by atoms with E-state index in [0.29, 0.717) is 26.2 Å². The summed E-state index contributed by atoms with van der Waals surface area (Å²) in [6.45, 7) is 4.13. The maximum absolute atomic E-state index is 12.3. The lowest BCUT2D eigenvalue weighted by molar-refractivity contribution is 0.390. The van der Waals surface area contributed by atoms with Crippen molar-refractivity contribution in [2.24, 2.45) is 0 Å². The Balaban J connectivity index is 1.87. The van der Waals surface area contributed by atoms with E-state index in [-0.39, 0.29) is 0 Å². The van der Waals surface area contributed by atoms with Crippen LogP contribution in [0.2, 0.25) is 0 Å². The van der Waals surface area contributed by atoms with Gasteiger partial charge in [-0.25, -0.2) is 4.98 Å². The monoisotopic (exact) mass is 423 g/mol. The molecule has 2 heterocycles. The van der Waals surface area contributed by atoms with Gasteiger partial charge in [-0.2, -0.15) is 12.7 Å². The lowest BCUT2D eigenvalue weighted by atomic mass is 10.2. The molecular formula is C18H22BrN3O2S. The highest BCUT2D eigenvalue weighted by molar-refractivity contribution is 9.10. The highest BCUT2D eigenvalue weighted by Gasteiger charge is 2.25. The van der Waals surface area contributed by atoms with Crippen LogP contribution in [0.25, 0.3) is 0 Å². The topological polar surface area (TPSA) is 53.5 Å². The summed E-state index contributed by atoms with van der Waals surface area (Å²) in [5.74, 6) is 8.87. The number of hydrogen-bond donors (Lipinski definition) is 0. The van der Waals surface area contributed by atoms with Crippen LogP contribution in [0.3, 0.4) is 0 Å². The third-order valence-electron chi connectivity index (χ3n) is 3.85. The molecule has 0 spiro atoms. The third-order valence-corrected chi connectivity index (χ3v) is 5.72. The van der Waals surface area contributed by atoms with Crippen molar-refractivity contribution >= 4 is 31.8 Å². The van der Waals surface area contributed by atoms with Crippen LogP contribution in [0.15, 0.2) is 22.8 Å². The average Bonchev–Trinajstić information content (AvgIpc) is 2.62. The van der Waals surface area contributed by atoms with Gasteiger partial charge >= 0.3 is 0 Å². The first kappa shape index (κ1) is 19.8. The van der Waals surface area contributed by atoms with Crippen molar-refractivity contribution in [2.45, 2.75) is 32.6 Å². The third kappa shape index (κ3) is 6.36. The Kier molecular flexibility index (Phi) is 7.77. The van der Waals surface area contributed by atoms with Crippen LogP contribution in [-0.2, 0) is 10.0 Å². The second-order valence-corrected chi connectivity index (χ2v) is 8.30. The molecule has 1 aromatic heterocycles. The van der Waals surface area contributed by atoms with Crippen molar-refractivity contribution in [3.63, 3.8) is 0 Å². The molecule has 0 saturated carbocycles. The molecule has 5 nitrogen and oxygen atoms in total. The fourth-order valence-electron chi connectivity index (χ4n) is 2.44. The molecule has 1 aliphatic heterocycles. The van der Waals surface area contributed by atoms with E-state index < -0.39 is 10.0 Å². The minimum Gasteiger partial charge on any atom is -0.354 e. The van der Waals surface area contributed by atoms with Crippen LogP contribution in [0.4, 0.5) is 5.82 Å². The van der Waals surface area contributed by atoms with Crippen molar-refractivity contribution in [1.29, 1.82) is 0 Å². The van der Waals surface area contributed by atoms with Crippen molar-refractivity contribution in [2.75, 3.05) is 31.1 Å². The number of halogens is 1. The Hall–Kier alpha value is -1.54. The lowest BCUT2D eigenvalue weighted by Gasteiger charge is -2.33. The molecule has 1 aromatic rings. The van der Waals surface area contributed by atoms with Crippen molar-refractivity contribution in [3.05, 3.63) is 22.8 Å². The molecule has 1 aliphatic rings. The maximum Gasteiger partial charge on any atom is 0.283 e. The van der Waals surface area contributed by atoms with Crippen LogP contribution >= 0.6 is 15.9 Å². The molecule has 0 aliphatic carbocycles. The Morgan fingerprint density at radius 3 is 2.56 bits per heavy atom. The van der Waals surface area contributed by atoms with Gasteiger partial charge in [-0.3, -0.25) is 0 Å². The normalized spacial score (nSPS) is 15.0. The summed E-state index contributed by atoms with van der Waals surface area (Å²) in [7, 11) is -3.58. The zero-order valence-electron chi connectivity index (χ0n) is 14.3. The van der Waals surface area contributed by atoms with Crippen molar-refractivity contribution in [1.82, 2.24) is 9.29 Å². The molecule has 0 bridgehead atoms. The highest BCUT2D eigenvalue weighted by atomic mass is 79.9. The SMILES string of the molecule is CCCCCC#CC#CS(=O)(=O)N1CCN(c2ccc(Br)cn2)CC1. The quantitative estimate of drug-likeness (QED) is 0.539. The Morgan fingerprint density at radius 2 is 1.92 bits per heavy atom. The van der Waals surface area contributed by atoms with Gasteiger partial charge in [0.2, 0.25) is 0 Å². The molecule has 0 radical (unpaired) electrons. The van der Waals surface area contributed by atoms with Gasteiger partial charge in [0.1, 0.15) is 5.82 Å². The van der Waals surface area contributed by atoms with E-state index in [4.69, 9.17) is 0 Å². The first-order chi connectivity index (χ1) is 12.0. The van der Waals surface area contributed by atoms with Gasteiger partial charge in [0, 0.05) is 49.2 Å². The number of unbranched alkanes of at least 4 members (excludes halogenated alkanes) is 3. The summed E-state index contributed by atoms with van der Waals surface area (Å²) >= 11 is 3.36. The minimum atomic E-state index is -3.58. The number of hydrogen-bond acceptors (Lipinski definition) is 4. The second kappa shape index (κ2) is 9.82. The molecule has 134 valence electrons. The largest absolute Gasteiger partial charge is 0.354 e. The first-order valence-corrected chi connectivity index (χ1v) is 10.6. The number of pyridine rings is 1. The van der Waals surface area contributed by atoms with Crippen LogP contribution in [0, 0.1) is 23.0 Å². The maximum atomic E-state index is 12.3. The van der Waals surface area contributed by atoms with Crippen molar-refractivity contribution in [3.8, 4) is 23.0 Å². The molecule has 0 atom stereocenters. The molecule has 0 N–H and O–H groups in total. The molecule has 25 heavy (non-hydrogen) atoms. The molecule has 0 amide bonds. The van der Waals surface area contributed by atoms with Crippen molar-refractivity contribution < 1.29 is 8.42 Å². The predicted molar refractivity (Wildman–Crippen MR) is 104 cm³/mol. The van der Waals surface area contributed by atoms with Gasteiger partial charge in [0.15, 0.2) is 0 Å². The van der Waals surface area contributed by atoms with Crippen LogP contribution in [0.1, 0.15) is 32.6 Å². The van der Waals surface area contributed by atoms with E-state index >= 15 is 0 Å². The van der Waals surface area contributed by atoms with E-state index in [0.717, 1.165) is 36.0 Å². The number of rotatable bonds is 5. The first-order valence-electron chi connectivity index (χ1n) is 8.39. The van der Waals surface area contributed by atoms with Gasteiger partial charge in [0.25, 0.3) is 10.0 Å². The van der Waals surface area contributed by atoms with E-state index in [1.807, 2.05) is 12.1 Å². The molecule has 0 unspecified atom stereocenters. The number of anilines is 1. The molecule has 2 rings (SSSR count). The van der Waals surface area contributed by atoms with E-state index in [9.17, 15) is 8.42 Å². The van der Waals surface area contributed by atoms with E-state index in [1.165, 1.54) is 4.31 Å². The average molecular weight is 424 g/mol. The molecule has 0 aromatic carbocycles. The van der Waals surface area contributed by atoms with Gasteiger partial charge < -0.3 is 4.90 Å². The summed E-state index contributed by atoms with van der Waals surface area (Å²) in [6.07, 6.45) is 5.82. The summed E-state index contributed by atoms with van der Waals surface area (Å²) < 4.78 is 26.8. The fraction of sp³-hybridized carbons (Fsp3) is 0.500. The summed E-state index contributed by atoms with van der Waals surface area (Å²) in [6, 6.07) is 3.85. The number of piperazine rings is 1. The van der Waals surface area contributed by atoms with Gasteiger partial charge in [-0.05, 0) is 40.4 Å². The summed E-state index contributed by atoms with van der Waals surface area (Å²) in [4.78, 5) is 6.41. The molecular weight excluding hydrogens is 402 g/mol. The van der Waals surface area contributed by atoms with Gasteiger partial charge in [-0.15, -0.1) is 0 Å². The van der Waals surface area contributed by atoms with E-state index in [2.05, 4.69) is 55.8 Å². The summed E-state index contributed by atoms with van der Waals surface area (Å²) in [5, 5.41) is 2.32. The van der Waals surface area contributed by atoms with Gasteiger partial charge in [0.05, 0.1) is 5.25 Å². The van der Waals surface area contributed by atoms with Crippen LogP contribution in [-0.4, -0.2) is 43.9 Å². The standard InChI is InChI=1S/C18H22BrN3O2S/c1-2-3-4-5-6-7-8-15-25(23,24)22-13-11-21(12-14-22)18-10-9-17(19)16-20-18/h9-10,16H,2-5,11-14H2,1H3. The zero-order chi connectivity index (χ0) is 18.1. The number of sulfonamides is 1.